The number of hydrogen-bond acceptors (Lipinski definition) is 5. The maximum atomic E-state index is 13.7. The molecule has 2 atom stereocenters. The number of aromatic nitrogens is 1. The van der Waals surface area contributed by atoms with E-state index in [0.29, 0.717) is 12.3 Å². The highest BCUT2D eigenvalue weighted by atomic mass is 32.1. The number of carbonyl (C=O) groups excluding carboxylic acids is 1. The Morgan fingerprint density at radius 1 is 1.06 bits per heavy atom. The van der Waals surface area contributed by atoms with Crippen LogP contribution in [0.2, 0.25) is 0 Å². The van der Waals surface area contributed by atoms with Gasteiger partial charge in [0.1, 0.15) is 0 Å². The lowest BCUT2D eigenvalue weighted by Gasteiger charge is -2.35. The Bertz CT molecular complexity index is 1120. The molecule has 0 saturated heterocycles. The van der Waals surface area contributed by atoms with Gasteiger partial charge in [-0.25, -0.2) is 4.98 Å². The van der Waals surface area contributed by atoms with Crippen molar-refractivity contribution in [3.63, 3.8) is 0 Å². The molecule has 2 aromatic carbocycles. The van der Waals surface area contributed by atoms with Crippen molar-refractivity contribution < 1.29 is 14.3 Å². The third kappa shape index (κ3) is 3.69. The second-order valence-corrected chi connectivity index (χ2v) is 9.22. The van der Waals surface area contributed by atoms with Crippen molar-refractivity contribution in [2.24, 2.45) is 5.92 Å². The van der Waals surface area contributed by atoms with Gasteiger partial charge in [0.2, 0.25) is 5.91 Å². The molecule has 0 N–H and O–H groups in total. The number of benzene rings is 2. The van der Waals surface area contributed by atoms with E-state index in [1.807, 2.05) is 35.2 Å². The number of fused-ring (bicyclic) bond motifs is 2. The minimum absolute atomic E-state index is 0.0627. The first-order valence-electron chi connectivity index (χ1n) is 10.7. The highest BCUT2D eigenvalue weighted by molar-refractivity contribution is 7.18. The van der Waals surface area contributed by atoms with Crippen LogP contribution >= 0.6 is 11.3 Å². The minimum atomic E-state index is -0.0627. The first-order chi connectivity index (χ1) is 15.2. The number of allylic oxidation sites excluding steroid dienone is 2. The van der Waals surface area contributed by atoms with Crippen LogP contribution in [0.4, 0.5) is 0 Å². The Morgan fingerprint density at radius 3 is 2.58 bits per heavy atom. The fraction of sp³-hybridized carbons (Fsp3) is 0.360. The Hall–Kier alpha value is -2.86. The van der Waals surface area contributed by atoms with Crippen LogP contribution in [-0.4, -0.2) is 36.6 Å². The number of rotatable bonds is 4. The monoisotopic (exact) mass is 434 g/mol. The van der Waals surface area contributed by atoms with E-state index in [0.717, 1.165) is 47.6 Å². The summed E-state index contributed by atoms with van der Waals surface area (Å²) in [6.45, 7) is 1.34. The molecule has 1 aliphatic carbocycles. The molecule has 160 valence electrons. The molecule has 5 nitrogen and oxygen atoms in total. The fourth-order valence-corrected chi connectivity index (χ4v) is 5.86. The molecule has 1 aliphatic heterocycles. The van der Waals surface area contributed by atoms with Crippen molar-refractivity contribution in [1.29, 1.82) is 0 Å². The van der Waals surface area contributed by atoms with Crippen LogP contribution < -0.4 is 9.47 Å². The van der Waals surface area contributed by atoms with E-state index < -0.39 is 0 Å². The summed E-state index contributed by atoms with van der Waals surface area (Å²) in [6.07, 6.45) is 6.82. The van der Waals surface area contributed by atoms with Crippen LogP contribution in [0.3, 0.4) is 0 Å². The van der Waals surface area contributed by atoms with E-state index in [9.17, 15) is 4.79 Å². The van der Waals surface area contributed by atoms with E-state index in [4.69, 9.17) is 14.5 Å². The van der Waals surface area contributed by atoms with Crippen LogP contribution in [0.25, 0.3) is 10.2 Å². The fourth-order valence-electron chi connectivity index (χ4n) is 4.71. The third-order valence-electron chi connectivity index (χ3n) is 6.41. The molecule has 31 heavy (non-hydrogen) atoms. The molecule has 1 aromatic heterocycles. The highest BCUT2D eigenvalue weighted by Crippen LogP contribution is 2.40. The van der Waals surface area contributed by atoms with Crippen LogP contribution in [0.15, 0.2) is 48.6 Å². The average molecular weight is 435 g/mol. The summed E-state index contributed by atoms with van der Waals surface area (Å²) >= 11 is 1.72. The van der Waals surface area contributed by atoms with Gasteiger partial charge in [0.05, 0.1) is 35.4 Å². The van der Waals surface area contributed by atoms with Gasteiger partial charge in [-0.15, -0.1) is 11.3 Å². The molecule has 3 aromatic rings. The van der Waals surface area contributed by atoms with Gasteiger partial charge in [-0.05, 0) is 54.7 Å². The molecule has 0 bridgehead atoms. The molecule has 1 amide bonds. The number of carbonyl (C=O) groups is 1. The SMILES string of the molecule is COc1cc2c(cc1OC)CN(C(=O)[C@@H]1CC=CC[C@@H]1c1nc3ccccc3s1)CC2. The molecule has 0 saturated carbocycles. The summed E-state index contributed by atoms with van der Waals surface area (Å²) in [7, 11) is 3.30. The molecule has 0 unspecified atom stereocenters. The number of thiazole rings is 1. The lowest BCUT2D eigenvalue weighted by molar-refractivity contribution is -0.137. The molecule has 5 rings (SSSR count). The van der Waals surface area contributed by atoms with Gasteiger partial charge in [0.15, 0.2) is 11.5 Å². The average Bonchev–Trinajstić information content (AvgIpc) is 3.26. The van der Waals surface area contributed by atoms with Gasteiger partial charge in [0, 0.05) is 19.0 Å². The normalized spacial score (nSPS) is 20.5. The van der Waals surface area contributed by atoms with E-state index in [2.05, 4.69) is 18.2 Å². The largest absolute Gasteiger partial charge is 0.493 e. The van der Waals surface area contributed by atoms with Gasteiger partial charge in [-0.1, -0.05) is 24.3 Å². The zero-order valence-corrected chi connectivity index (χ0v) is 18.7. The number of nitrogens with zero attached hydrogens (tertiary/aromatic N) is 2. The number of hydrogen-bond donors (Lipinski definition) is 0. The van der Waals surface area contributed by atoms with Crippen molar-refractivity contribution in [3.8, 4) is 11.5 Å². The lowest BCUT2D eigenvalue weighted by Crippen LogP contribution is -2.42. The first-order valence-corrected chi connectivity index (χ1v) is 11.5. The van der Waals surface area contributed by atoms with E-state index in [-0.39, 0.29) is 17.7 Å². The van der Waals surface area contributed by atoms with Gasteiger partial charge in [-0.3, -0.25) is 4.79 Å². The smallest absolute Gasteiger partial charge is 0.227 e. The standard InChI is InChI=1S/C25H26N2O3S/c1-29-21-13-16-11-12-27(15-17(16)14-22(21)30-2)25(28)19-8-4-3-7-18(19)24-26-20-9-5-6-10-23(20)31-24/h3-6,9-10,13-14,18-19H,7-8,11-12,15H2,1-2H3/t18-,19+/m0/s1. The predicted molar refractivity (Wildman–Crippen MR) is 123 cm³/mol. The number of para-hydroxylation sites is 1. The predicted octanol–water partition coefficient (Wildman–Crippen LogP) is 4.95. The molecule has 0 radical (unpaired) electrons. The molecule has 2 heterocycles. The van der Waals surface area contributed by atoms with Crippen LogP contribution in [0.1, 0.15) is 34.9 Å². The first kappa shape index (κ1) is 20.1. The number of amides is 1. The summed E-state index contributed by atoms with van der Waals surface area (Å²) in [5.74, 6) is 1.76. The van der Waals surface area contributed by atoms with Gasteiger partial charge >= 0.3 is 0 Å². The maximum absolute atomic E-state index is 13.7. The number of methoxy groups -OCH3 is 2. The summed E-state index contributed by atoms with van der Waals surface area (Å²) in [4.78, 5) is 20.5. The van der Waals surface area contributed by atoms with Gasteiger partial charge in [0.25, 0.3) is 0 Å². The second kappa shape index (κ2) is 8.35. The lowest BCUT2D eigenvalue weighted by atomic mass is 9.82. The molecular formula is C25H26N2O3S. The van der Waals surface area contributed by atoms with Crippen molar-refractivity contribution in [2.75, 3.05) is 20.8 Å². The summed E-state index contributed by atoms with van der Waals surface area (Å²) in [6, 6.07) is 12.3. The molecule has 2 aliphatic rings. The molecule has 0 spiro atoms. The molecule has 0 fully saturated rings. The van der Waals surface area contributed by atoms with Crippen LogP contribution in [0.5, 0.6) is 11.5 Å². The Morgan fingerprint density at radius 2 is 1.81 bits per heavy atom. The highest BCUT2D eigenvalue weighted by Gasteiger charge is 2.36. The van der Waals surface area contributed by atoms with Crippen molar-refractivity contribution in [2.45, 2.75) is 31.7 Å². The number of ether oxygens (including phenoxy) is 2. The van der Waals surface area contributed by atoms with Crippen molar-refractivity contribution in [1.82, 2.24) is 9.88 Å². The summed E-state index contributed by atoms with van der Waals surface area (Å²) in [5.41, 5.74) is 3.39. The molecule has 6 heteroatoms. The summed E-state index contributed by atoms with van der Waals surface area (Å²) in [5, 5.41) is 1.08. The zero-order valence-electron chi connectivity index (χ0n) is 17.8. The quantitative estimate of drug-likeness (QED) is 0.546. The molecular weight excluding hydrogens is 408 g/mol. The topological polar surface area (TPSA) is 51.7 Å². The minimum Gasteiger partial charge on any atom is -0.493 e. The Labute approximate surface area is 186 Å². The van der Waals surface area contributed by atoms with E-state index >= 15 is 0 Å². The Kier molecular flexibility index (Phi) is 5.40. The van der Waals surface area contributed by atoms with Crippen molar-refractivity contribution in [3.05, 3.63) is 64.7 Å². The third-order valence-corrected chi connectivity index (χ3v) is 7.58. The van der Waals surface area contributed by atoms with Crippen LogP contribution in [-0.2, 0) is 17.8 Å². The van der Waals surface area contributed by atoms with Gasteiger partial charge in [-0.2, -0.15) is 0 Å². The second-order valence-electron chi connectivity index (χ2n) is 8.16. The Balaban J connectivity index is 1.40. The summed E-state index contributed by atoms with van der Waals surface area (Å²) < 4.78 is 12.1. The van der Waals surface area contributed by atoms with E-state index in [1.165, 1.54) is 10.3 Å². The van der Waals surface area contributed by atoms with Gasteiger partial charge < -0.3 is 14.4 Å². The zero-order chi connectivity index (χ0) is 21.4. The van der Waals surface area contributed by atoms with E-state index in [1.54, 1.807) is 25.6 Å². The maximum Gasteiger partial charge on any atom is 0.227 e. The van der Waals surface area contributed by atoms with Crippen LogP contribution in [0, 0.1) is 5.92 Å². The van der Waals surface area contributed by atoms with Crippen molar-refractivity contribution >= 4 is 27.5 Å².